The average molecular weight is 609 g/mol. The van der Waals surface area contributed by atoms with E-state index in [1.165, 1.54) is 138 Å². The molecule has 0 saturated carbocycles. The maximum Gasteiger partial charge on any atom is 0.0992 e. The molecule has 0 unspecified atom stereocenters. The standard InChI is InChI=1S/C40H68N2O2/c1-5-7-9-11-13-15-17-19-21-31-41(3)35-43-33-37-23-27-39(28-24-37)40-29-25-38(26-30-40)34-44-36-42(4)32-22-20-18-16-14-12-10-8-6-2/h23-30H,5-22,31-36H2,1-4H3. The van der Waals surface area contributed by atoms with Crippen molar-refractivity contribution in [3.8, 4) is 11.1 Å². The van der Waals surface area contributed by atoms with Gasteiger partial charge in [-0.25, -0.2) is 0 Å². The summed E-state index contributed by atoms with van der Waals surface area (Å²) in [6.45, 7) is 9.50. The molecule has 0 aromatic heterocycles. The molecule has 44 heavy (non-hydrogen) atoms. The number of ether oxygens (including phenoxy) is 2. The van der Waals surface area contributed by atoms with Crippen LogP contribution in [0.15, 0.2) is 48.5 Å². The fourth-order valence-corrected chi connectivity index (χ4v) is 5.74. The normalized spacial score (nSPS) is 11.7. The van der Waals surface area contributed by atoms with Crippen LogP contribution in [0.5, 0.6) is 0 Å². The van der Waals surface area contributed by atoms with Gasteiger partial charge in [-0.1, -0.05) is 165 Å². The molecule has 0 fully saturated rings. The molecule has 250 valence electrons. The molecule has 0 heterocycles. The zero-order valence-corrected chi connectivity index (χ0v) is 29.3. The Hall–Kier alpha value is -1.72. The van der Waals surface area contributed by atoms with Crippen LogP contribution < -0.4 is 0 Å². The summed E-state index contributed by atoms with van der Waals surface area (Å²) >= 11 is 0. The predicted octanol–water partition coefficient (Wildman–Crippen LogP) is 11.2. The van der Waals surface area contributed by atoms with Gasteiger partial charge in [0, 0.05) is 0 Å². The summed E-state index contributed by atoms with van der Waals surface area (Å²) in [5, 5.41) is 0. The largest absolute Gasteiger partial charge is 0.361 e. The molecule has 0 aliphatic heterocycles. The molecule has 2 rings (SSSR count). The minimum atomic E-state index is 0.659. The van der Waals surface area contributed by atoms with Gasteiger partial charge in [0.15, 0.2) is 0 Å². The van der Waals surface area contributed by atoms with Crippen molar-refractivity contribution in [3.05, 3.63) is 59.7 Å². The fraction of sp³-hybridized carbons (Fsp3) is 0.700. The summed E-state index contributed by atoms with van der Waals surface area (Å²) in [5.74, 6) is 0. The lowest BCUT2D eigenvalue weighted by Crippen LogP contribution is -2.22. The third kappa shape index (κ3) is 19.6. The molecule has 0 aliphatic rings. The van der Waals surface area contributed by atoms with Crippen molar-refractivity contribution in [2.75, 3.05) is 40.6 Å². The van der Waals surface area contributed by atoms with Crippen LogP contribution in [-0.4, -0.2) is 50.4 Å². The monoisotopic (exact) mass is 609 g/mol. The van der Waals surface area contributed by atoms with Crippen molar-refractivity contribution in [1.82, 2.24) is 9.80 Å². The zero-order chi connectivity index (χ0) is 31.5. The Bertz CT molecular complexity index is 823. The van der Waals surface area contributed by atoms with Crippen LogP contribution in [0.2, 0.25) is 0 Å². The van der Waals surface area contributed by atoms with Crippen LogP contribution in [-0.2, 0) is 22.7 Å². The first-order chi connectivity index (χ1) is 21.6. The van der Waals surface area contributed by atoms with Crippen LogP contribution in [0.25, 0.3) is 11.1 Å². The third-order valence-electron chi connectivity index (χ3n) is 8.69. The molecule has 0 bridgehead atoms. The van der Waals surface area contributed by atoms with Gasteiger partial charge in [-0.2, -0.15) is 0 Å². The number of hydrogen-bond acceptors (Lipinski definition) is 4. The van der Waals surface area contributed by atoms with E-state index in [-0.39, 0.29) is 0 Å². The molecule has 2 aromatic carbocycles. The van der Waals surface area contributed by atoms with E-state index in [2.05, 4.69) is 86.3 Å². The summed E-state index contributed by atoms with van der Waals surface area (Å²) in [4.78, 5) is 4.61. The first kappa shape index (κ1) is 38.5. The van der Waals surface area contributed by atoms with Gasteiger partial charge in [-0.05, 0) is 62.3 Å². The Kier molecular flexibility index (Phi) is 23.2. The van der Waals surface area contributed by atoms with Gasteiger partial charge in [-0.3, -0.25) is 9.80 Å². The molecule has 4 nitrogen and oxygen atoms in total. The third-order valence-corrected chi connectivity index (χ3v) is 8.69. The van der Waals surface area contributed by atoms with E-state index in [4.69, 9.17) is 9.47 Å². The summed E-state index contributed by atoms with van der Waals surface area (Å²) in [6, 6.07) is 17.6. The number of nitrogens with zero attached hydrogens (tertiary/aromatic N) is 2. The summed E-state index contributed by atoms with van der Waals surface area (Å²) < 4.78 is 12.0. The molecular formula is C40H68N2O2. The summed E-state index contributed by atoms with van der Waals surface area (Å²) in [5.41, 5.74) is 4.93. The second kappa shape index (κ2) is 26.5. The molecule has 0 amide bonds. The van der Waals surface area contributed by atoms with Crippen LogP contribution in [0.1, 0.15) is 141 Å². The molecule has 0 radical (unpaired) electrons. The average Bonchev–Trinajstić information content (AvgIpc) is 3.04. The van der Waals surface area contributed by atoms with Crippen molar-refractivity contribution in [2.45, 2.75) is 143 Å². The second-order valence-electron chi connectivity index (χ2n) is 13.2. The topological polar surface area (TPSA) is 24.9 Å². The van der Waals surface area contributed by atoms with Crippen LogP contribution in [0.3, 0.4) is 0 Å². The predicted molar refractivity (Wildman–Crippen MR) is 191 cm³/mol. The highest BCUT2D eigenvalue weighted by Crippen LogP contribution is 2.21. The summed E-state index contributed by atoms with van der Waals surface area (Å²) in [6.07, 6.45) is 24.7. The highest BCUT2D eigenvalue weighted by atomic mass is 16.5. The van der Waals surface area contributed by atoms with Gasteiger partial charge in [0.1, 0.15) is 0 Å². The molecule has 0 saturated heterocycles. The van der Waals surface area contributed by atoms with Gasteiger partial charge in [0.25, 0.3) is 0 Å². The van der Waals surface area contributed by atoms with Gasteiger partial charge < -0.3 is 9.47 Å². The maximum absolute atomic E-state index is 5.99. The van der Waals surface area contributed by atoms with Gasteiger partial charge >= 0.3 is 0 Å². The Morgan fingerprint density at radius 3 is 1.02 bits per heavy atom. The van der Waals surface area contributed by atoms with E-state index in [1.807, 2.05) is 0 Å². The van der Waals surface area contributed by atoms with Gasteiger partial charge in [-0.15, -0.1) is 0 Å². The Morgan fingerprint density at radius 2 is 0.705 bits per heavy atom. The fourth-order valence-electron chi connectivity index (χ4n) is 5.74. The molecule has 0 N–H and O–H groups in total. The minimum Gasteiger partial charge on any atom is -0.361 e. The smallest absolute Gasteiger partial charge is 0.0992 e. The zero-order valence-electron chi connectivity index (χ0n) is 29.3. The lowest BCUT2D eigenvalue weighted by atomic mass is 10.0. The molecule has 2 aromatic rings. The number of unbranched alkanes of at least 4 members (excludes halogenated alkanes) is 16. The molecule has 0 aliphatic carbocycles. The lowest BCUT2D eigenvalue weighted by molar-refractivity contribution is 0.0316. The lowest BCUT2D eigenvalue weighted by Gasteiger charge is -2.17. The number of hydrogen-bond donors (Lipinski definition) is 0. The highest BCUT2D eigenvalue weighted by Gasteiger charge is 2.04. The molecular weight excluding hydrogens is 540 g/mol. The van der Waals surface area contributed by atoms with E-state index in [1.54, 1.807) is 0 Å². The van der Waals surface area contributed by atoms with Crippen molar-refractivity contribution in [3.63, 3.8) is 0 Å². The van der Waals surface area contributed by atoms with Crippen LogP contribution >= 0.6 is 0 Å². The number of rotatable bonds is 29. The van der Waals surface area contributed by atoms with Crippen LogP contribution in [0, 0.1) is 0 Å². The van der Waals surface area contributed by atoms with Crippen molar-refractivity contribution in [2.24, 2.45) is 0 Å². The number of benzene rings is 2. The Morgan fingerprint density at radius 1 is 0.409 bits per heavy atom. The van der Waals surface area contributed by atoms with E-state index >= 15 is 0 Å². The maximum atomic E-state index is 5.99. The van der Waals surface area contributed by atoms with Crippen molar-refractivity contribution in [1.29, 1.82) is 0 Å². The van der Waals surface area contributed by atoms with E-state index in [9.17, 15) is 0 Å². The quantitative estimate of drug-likeness (QED) is 0.0677. The second-order valence-corrected chi connectivity index (χ2v) is 13.2. The molecule has 0 atom stereocenters. The molecule has 4 heteroatoms. The Labute approximate surface area is 272 Å². The van der Waals surface area contributed by atoms with E-state index in [0.717, 1.165) is 13.1 Å². The van der Waals surface area contributed by atoms with E-state index < -0.39 is 0 Å². The molecule has 0 spiro atoms. The van der Waals surface area contributed by atoms with Crippen LogP contribution in [0.4, 0.5) is 0 Å². The summed E-state index contributed by atoms with van der Waals surface area (Å²) in [7, 11) is 4.33. The Balaban J connectivity index is 1.52. The van der Waals surface area contributed by atoms with Crippen molar-refractivity contribution >= 4 is 0 Å². The highest BCUT2D eigenvalue weighted by molar-refractivity contribution is 5.63. The minimum absolute atomic E-state index is 0.659. The first-order valence-corrected chi connectivity index (χ1v) is 18.3. The first-order valence-electron chi connectivity index (χ1n) is 18.3. The van der Waals surface area contributed by atoms with Gasteiger partial charge in [0.05, 0.1) is 26.7 Å². The van der Waals surface area contributed by atoms with E-state index in [0.29, 0.717) is 26.7 Å². The SMILES string of the molecule is CCCCCCCCCCCN(C)COCc1ccc(-c2ccc(COCN(C)CCCCCCCCCCC)cc2)cc1. The van der Waals surface area contributed by atoms with Gasteiger partial charge in [0.2, 0.25) is 0 Å². The van der Waals surface area contributed by atoms with Crippen molar-refractivity contribution < 1.29 is 9.47 Å².